The highest BCUT2D eigenvalue weighted by Crippen LogP contribution is 2.41. The first kappa shape index (κ1) is 19.2. The molecule has 0 atom stereocenters. The maximum atomic E-state index is 12.9. The first-order valence-electron chi connectivity index (χ1n) is 10.2. The Labute approximate surface area is 176 Å². The van der Waals surface area contributed by atoms with Crippen molar-refractivity contribution in [3.63, 3.8) is 0 Å². The van der Waals surface area contributed by atoms with E-state index in [9.17, 15) is 14.7 Å². The van der Waals surface area contributed by atoms with E-state index in [0.29, 0.717) is 27.7 Å². The van der Waals surface area contributed by atoms with Gasteiger partial charge in [0.25, 0.3) is 0 Å². The maximum absolute atomic E-state index is 12.9. The van der Waals surface area contributed by atoms with E-state index in [0.717, 1.165) is 24.0 Å². The third kappa shape index (κ3) is 2.79. The van der Waals surface area contributed by atoms with E-state index in [-0.39, 0.29) is 27.8 Å². The number of benzene rings is 2. The van der Waals surface area contributed by atoms with Gasteiger partial charge in [0.15, 0.2) is 5.58 Å². The largest absolute Gasteiger partial charge is 0.506 e. The molecule has 5 rings (SSSR count). The lowest BCUT2D eigenvalue weighted by Gasteiger charge is -2.07. The van der Waals surface area contributed by atoms with Crippen LogP contribution in [0, 0.1) is 6.92 Å². The average Bonchev–Trinajstić information content (AvgIpc) is 3.11. The van der Waals surface area contributed by atoms with Crippen LogP contribution in [0.15, 0.2) is 59.2 Å². The highest BCUT2D eigenvalue weighted by Gasteiger charge is 2.26. The molecule has 0 bridgehead atoms. The first-order chi connectivity index (χ1) is 14.9. The molecule has 1 N–H and O–H groups in total. The summed E-state index contributed by atoms with van der Waals surface area (Å²) in [5.74, 6) is 0.0828. The van der Waals surface area contributed by atoms with E-state index in [2.05, 4.69) is 0 Å². The molecule has 0 aliphatic rings. The number of furan rings is 1. The van der Waals surface area contributed by atoms with E-state index in [1.165, 1.54) is 0 Å². The van der Waals surface area contributed by atoms with Gasteiger partial charge in [-0.05, 0) is 55.2 Å². The average molecular weight is 416 g/mol. The predicted molar refractivity (Wildman–Crippen MR) is 119 cm³/mol. The Balaban J connectivity index is 1.93. The van der Waals surface area contributed by atoms with Crippen molar-refractivity contribution in [1.82, 2.24) is 0 Å². The quantitative estimate of drug-likeness (QED) is 0.393. The Morgan fingerprint density at radius 2 is 1.35 bits per heavy atom. The molecule has 6 nitrogen and oxygen atoms in total. The Morgan fingerprint density at radius 3 is 2.00 bits per heavy atom. The molecule has 156 valence electrons. The summed E-state index contributed by atoms with van der Waals surface area (Å²) in [6.07, 6.45) is 1.56. The van der Waals surface area contributed by atoms with Gasteiger partial charge in [-0.2, -0.15) is 0 Å². The summed E-state index contributed by atoms with van der Waals surface area (Å²) in [4.78, 5) is 25.8. The molecule has 0 aliphatic heterocycles. The molecule has 0 amide bonds. The van der Waals surface area contributed by atoms with Crippen LogP contribution in [0.25, 0.3) is 44.0 Å². The number of fused-ring (bicyclic) bond motifs is 4. The highest BCUT2D eigenvalue weighted by molar-refractivity contribution is 6.09. The lowest BCUT2D eigenvalue weighted by Crippen LogP contribution is -2.07. The molecule has 0 spiro atoms. The zero-order valence-electron chi connectivity index (χ0n) is 17.4. The summed E-state index contributed by atoms with van der Waals surface area (Å²) in [7, 11) is 0. The van der Waals surface area contributed by atoms with Crippen LogP contribution in [0.5, 0.6) is 5.75 Å². The topological polar surface area (TPSA) is 93.8 Å². The van der Waals surface area contributed by atoms with Crippen LogP contribution in [0.1, 0.15) is 30.7 Å². The predicted octanol–water partition coefficient (Wildman–Crippen LogP) is 5.45. The van der Waals surface area contributed by atoms with Crippen molar-refractivity contribution in [3.05, 3.63) is 74.1 Å². The summed E-state index contributed by atoms with van der Waals surface area (Å²) >= 11 is 0. The highest BCUT2D eigenvalue weighted by atomic mass is 16.4. The number of aryl methyl sites for hydroxylation is 3. The van der Waals surface area contributed by atoms with Gasteiger partial charge in [0.05, 0.1) is 10.8 Å². The fraction of sp³-hybridized carbons (Fsp3) is 0.200. The van der Waals surface area contributed by atoms with Gasteiger partial charge in [-0.15, -0.1) is 0 Å². The van der Waals surface area contributed by atoms with Gasteiger partial charge >= 0.3 is 11.3 Å². The van der Waals surface area contributed by atoms with Gasteiger partial charge in [-0.1, -0.05) is 26.0 Å². The number of hydrogen-bond acceptors (Lipinski definition) is 6. The standard InChI is InChI=1S/C25H20O6/c1-4-13-6-8-17-15(10-13)22(26)20(24(27)30-17)19-12(3)29-23-16-11-14(5-2)7-9-18(16)31-25(28)21(19)23/h6-11,26H,4-5H2,1-3H3. The van der Waals surface area contributed by atoms with Crippen LogP contribution >= 0.6 is 0 Å². The SMILES string of the molecule is CCc1ccc2oc(=O)c(-c3c(C)oc4c3c(=O)oc3ccc(CC)cc34)c(O)c2c1. The van der Waals surface area contributed by atoms with Crippen molar-refractivity contribution >= 4 is 32.9 Å². The molecule has 0 saturated carbocycles. The van der Waals surface area contributed by atoms with Crippen molar-refractivity contribution in [2.45, 2.75) is 33.6 Å². The lowest BCUT2D eigenvalue weighted by atomic mass is 10.00. The van der Waals surface area contributed by atoms with Gasteiger partial charge in [0, 0.05) is 5.56 Å². The van der Waals surface area contributed by atoms with E-state index < -0.39 is 11.3 Å². The summed E-state index contributed by atoms with van der Waals surface area (Å²) in [6, 6.07) is 10.8. The van der Waals surface area contributed by atoms with Crippen molar-refractivity contribution in [2.24, 2.45) is 0 Å². The van der Waals surface area contributed by atoms with E-state index in [1.54, 1.807) is 25.1 Å². The second kappa shape index (κ2) is 6.87. The Bertz CT molecular complexity index is 1610. The molecule has 0 fully saturated rings. The first-order valence-corrected chi connectivity index (χ1v) is 10.2. The molecule has 3 aromatic heterocycles. The summed E-state index contributed by atoms with van der Waals surface area (Å²) in [5, 5.41) is 12.2. The van der Waals surface area contributed by atoms with E-state index in [4.69, 9.17) is 13.3 Å². The van der Waals surface area contributed by atoms with Gasteiger partial charge in [0.1, 0.15) is 33.6 Å². The van der Waals surface area contributed by atoms with Crippen LogP contribution in [-0.2, 0) is 12.8 Å². The van der Waals surface area contributed by atoms with E-state index in [1.807, 2.05) is 32.0 Å². The summed E-state index contributed by atoms with van der Waals surface area (Å²) < 4.78 is 17.0. The van der Waals surface area contributed by atoms with E-state index >= 15 is 0 Å². The minimum absolute atomic E-state index is 0.102. The number of aromatic hydroxyl groups is 1. The van der Waals surface area contributed by atoms with Gasteiger partial charge in [-0.25, -0.2) is 9.59 Å². The second-order valence-corrected chi connectivity index (χ2v) is 7.61. The molecule has 3 heterocycles. The fourth-order valence-electron chi connectivity index (χ4n) is 4.12. The Hall–Kier alpha value is -3.80. The van der Waals surface area contributed by atoms with Crippen LogP contribution in [-0.4, -0.2) is 5.11 Å². The van der Waals surface area contributed by atoms with Crippen LogP contribution in [0.4, 0.5) is 0 Å². The fourth-order valence-corrected chi connectivity index (χ4v) is 4.12. The minimum atomic E-state index is -0.748. The Morgan fingerprint density at radius 1 is 0.774 bits per heavy atom. The summed E-state index contributed by atoms with van der Waals surface area (Å²) in [6.45, 7) is 5.67. The third-order valence-corrected chi connectivity index (χ3v) is 5.79. The van der Waals surface area contributed by atoms with Crippen molar-refractivity contribution < 1.29 is 18.4 Å². The van der Waals surface area contributed by atoms with Crippen molar-refractivity contribution in [2.75, 3.05) is 0 Å². The normalized spacial score (nSPS) is 11.7. The molecule has 6 heteroatoms. The molecule has 0 unspecified atom stereocenters. The molecule has 0 radical (unpaired) electrons. The Kier molecular flexibility index (Phi) is 4.25. The monoisotopic (exact) mass is 416 g/mol. The molecule has 0 saturated heterocycles. The minimum Gasteiger partial charge on any atom is -0.506 e. The number of rotatable bonds is 3. The third-order valence-electron chi connectivity index (χ3n) is 5.79. The molecule has 0 aliphatic carbocycles. The zero-order chi connectivity index (χ0) is 21.9. The van der Waals surface area contributed by atoms with Crippen molar-refractivity contribution in [3.8, 4) is 16.9 Å². The van der Waals surface area contributed by atoms with Crippen LogP contribution in [0.2, 0.25) is 0 Å². The van der Waals surface area contributed by atoms with Crippen molar-refractivity contribution in [1.29, 1.82) is 0 Å². The van der Waals surface area contributed by atoms with Crippen LogP contribution < -0.4 is 11.3 Å². The number of hydrogen-bond donors (Lipinski definition) is 1. The van der Waals surface area contributed by atoms with Gasteiger partial charge < -0.3 is 18.4 Å². The van der Waals surface area contributed by atoms with Gasteiger partial charge in [0.2, 0.25) is 0 Å². The zero-order valence-corrected chi connectivity index (χ0v) is 17.4. The van der Waals surface area contributed by atoms with Crippen LogP contribution in [0.3, 0.4) is 0 Å². The summed E-state index contributed by atoms with van der Waals surface area (Å²) in [5.41, 5.74) is 1.75. The van der Waals surface area contributed by atoms with Gasteiger partial charge in [-0.3, -0.25) is 0 Å². The lowest BCUT2D eigenvalue weighted by molar-refractivity contribution is 0.470. The molecule has 5 aromatic rings. The molecular formula is C25H20O6. The molecular weight excluding hydrogens is 396 g/mol. The second-order valence-electron chi connectivity index (χ2n) is 7.61. The maximum Gasteiger partial charge on any atom is 0.348 e. The smallest absolute Gasteiger partial charge is 0.348 e. The molecule has 31 heavy (non-hydrogen) atoms. The molecule has 2 aromatic carbocycles.